The van der Waals surface area contributed by atoms with E-state index in [0.717, 1.165) is 18.4 Å². The lowest BCUT2D eigenvalue weighted by Crippen LogP contribution is -2.57. The van der Waals surface area contributed by atoms with Gasteiger partial charge in [-0.1, -0.05) is 19.1 Å². The van der Waals surface area contributed by atoms with Gasteiger partial charge in [-0.15, -0.1) is 0 Å². The lowest BCUT2D eigenvalue weighted by molar-refractivity contribution is -0.0394. The molecular weight excluding hydrogens is 245 g/mol. The predicted molar refractivity (Wildman–Crippen MR) is 69.9 cm³/mol. The maximum atomic E-state index is 14.6. The van der Waals surface area contributed by atoms with Crippen molar-refractivity contribution in [3.63, 3.8) is 0 Å². The van der Waals surface area contributed by atoms with Gasteiger partial charge < -0.3 is 5.11 Å². The molecule has 1 aliphatic carbocycles. The normalized spacial score (nSPS) is 28.7. The molecule has 0 aromatic heterocycles. The number of halogens is 1. The number of nitrogens with zero attached hydrogens (tertiary/aromatic N) is 1. The number of hydrogen-bond donors (Lipinski definition) is 1. The first-order valence-electron chi connectivity index (χ1n) is 6.73. The highest BCUT2D eigenvalue weighted by atomic mass is 19.1. The summed E-state index contributed by atoms with van der Waals surface area (Å²) in [6, 6.07) is 6.15. The van der Waals surface area contributed by atoms with Crippen LogP contribution in [0.4, 0.5) is 4.39 Å². The second kappa shape index (κ2) is 4.30. The highest BCUT2D eigenvalue weighted by Crippen LogP contribution is 2.42. The first kappa shape index (κ1) is 12.6. The van der Waals surface area contributed by atoms with Crippen molar-refractivity contribution in [3.8, 4) is 0 Å². The zero-order chi connectivity index (χ0) is 13.6. The number of carbonyl (C=O) groups is 1. The van der Waals surface area contributed by atoms with Gasteiger partial charge in [0.05, 0.1) is 5.56 Å². The van der Waals surface area contributed by atoms with Crippen LogP contribution < -0.4 is 0 Å². The molecule has 1 aromatic carbocycles. The van der Waals surface area contributed by atoms with Gasteiger partial charge in [0, 0.05) is 19.6 Å². The number of aromatic carboxylic acids is 1. The van der Waals surface area contributed by atoms with Crippen molar-refractivity contribution in [2.24, 2.45) is 11.8 Å². The Labute approximate surface area is 112 Å². The van der Waals surface area contributed by atoms with Crippen LogP contribution in [0.15, 0.2) is 24.3 Å². The minimum Gasteiger partial charge on any atom is -0.478 e. The van der Waals surface area contributed by atoms with E-state index in [1.54, 1.807) is 12.1 Å². The Morgan fingerprint density at radius 3 is 2.47 bits per heavy atom. The van der Waals surface area contributed by atoms with E-state index >= 15 is 0 Å². The Hall–Kier alpha value is -1.42. The maximum absolute atomic E-state index is 14.6. The molecule has 2 unspecified atom stereocenters. The number of hydrogen-bond acceptors (Lipinski definition) is 2. The van der Waals surface area contributed by atoms with E-state index < -0.39 is 11.6 Å². The van der Waals surface area contributed by atoms with Crippen molar-refractivity contribution in [2.45, 2.75) is 19.0 Å². The van der Waals surface area contributed by atoms with Gasteiger partial charge in [-0.25, -0.2) is 9.18 Å². The van der Waals surface area contributed by atoms with E-state index in [0.29, 0.717) is 18.7 Å². The standard InChI is InChI=1S/C15H18FNO2/c1-10-6-12(10)7-17-8-15(16,9-17)13-4-2-11(3-5-13)14(18)19/h2-5,10,12H,6-9H2,1H3,(H,18,19). The molecule has 1 saturated heterocycles. The molecule has 0 bridgehead atoms. The van der Waals surface area contributed by atoms with Gasteiger partial charge >= 0.3 is 5.97 Å². The number of alkyl halides is 1. The first-order valence-corrected chi connectivity index (χ1v) is 6.73. The van der Waals surface area contributed by atoms with Gasteiger partial charge in [0.15, 0.2) is 5.67 Å². The molecule has 19 heavy (non-hydrogen) atoms. The van der Waals surface area contributed by atoms with Crippen LogP contribution >= 0.6 is 0 Å². The molecule has 2 aliphatic rings. The third-order valence-electron chi connectivity index (χ3n) is 4.37. The Kier molecular flexibility index (Phi) is 2.86. The number of benzene rings is 1. The summed E-state index contributed by atoms with van der Waals surface area (Å²) >= 11 is 0. The van der Waals surface area contributed by atoms with Gasteiger partial charge in [-0.2, -0.15) is 0 Å². The topological polar surface area (TPSA) is 40.5 Å². The molecule has 1 aromatic rings. The Morgan fingerprint density at radius 1 is 1.42 bits per heavy atom. The van der Waals surface area contributed by atoms with Crippen molar-refractivity contribution in [3.05, 3.63) is 35.4 Å². The largest absolute Gasteiger partial charge is 0.478 e. The molecule has 0 amide bonds. The smallest absolute Gasteiger partial charge is 0.335 e. The van der Waals surface area contributed by atoms with Crippen molar-refractivity contribution in [2.75, 3.05) is 19.6 Å². The van der Waals surface area contributed by atoms with Crippen LogP contribution in [0.1, 0.15) is 29.3 Å². The number of carboxylic acid groups (broad SMARTS) is 1. The quantitative estimate of drug-likeness (QED) is 0.907. The van der Waals surface area contributed by atoms with Crippen LogP contribution in [0.5, 0.6) is 0 Å². The predicted octanol–water partition coefficient (Wildman–Crippen LogP) is 2.52. The van der Waals surface area contributed by atoms with Crippen LogP contribution in [0, 0.1) is 11.8 Å². The minimum atomic E-state index is -1.30. The molecule has 102 valence electrons. The highest BCUT2D eigenvalue weighted by Gasteiger charge is 2.47. The number of rotatable bonds is 4. The second-order valence-electron chi connectivity index (χ2n) is 5.99. The van der Waals surface area contributed by atoms with E-state index in [9.17, 15) is 9.18 Å². The Bertz CT molecular complexity index is 493. The second-order valence-corrected chi connectivity index (χ2v) is 5.99. The van der Waals surface area contributed by atoms with Crippen LogP contribution in [-0.4, -0.2) is 35.6 Å². The zero-order valence-corrected chi connectivity index (χ0v) is 11.0. The summed E-state index contributed by atoms with van der Waals surface area (Å²) in [5, 5.41) is 8.82. The first-order chi connectivity index (χ1) is 8.98. The lowest BCUT2D eigenvalue weighted by Gasteiger charge is -2.45. The third-order valence-corrected chi connectivity index (χ3v) is 4.37. The maximum Gasteiger partial charge on any atom is 0.335 e. The SMILES string of the molecule is CC1CC1CN1CC(F)(c2ccc(C(=O)O)cc2)C1. The molecule has 1 N–H and O–H groups in total. The average molecular weight is 263 g/mol. The molecular formula is C15H18FNO2. The van der Waals surface area contributed by atoms with Crippen molar-refractivity contribution in [1.82, 2.24) is 4.90 Å². The average Bonchev–Trinajstić information content (AvgIpc) is 3.03. The highest BCUT2D eigenvalue weighted by molar-refractivity contribution is 5.87. The summed E-state index contributed by atoms with van der Waals surface area (Å²) in [5.41, 5.74) is -0.497. The summed E-state index contributed by atoms with van der Waals surface area (Å²) in [7, 11) is 0. The molecule has 1 saturated carbocycles. The van der Waals surface area contributed by atoms with E-state index in [4.69, 9.17) is 5.11 Å². The van der Waals surface area contributed by atoms with Gasteiger partial charge in [0.1, 0.15) is 0 Å². The van der Waals surface area contributed by atoms with Crippen LogP contribution in [-0.2, 0) is 5.67 Å². The number of likely N-dealkylation sites (tertiary alicyclic amines) is 1. The van der Waals surface area contributed by atoms with Gasteiger partial charge in [-0.3, -0.25) is 4.90 Å². The van der Waals surface area contributed by atoms with Crippen LogP contribution in [0.25, 0.3) is 0 Å². The number of carboxylic acids is 1. The third kappa shape index (κ3) is 2.37. The van der Waals surface area contributed by atoms with Crippen molar-refractivity contribution < 1.29 is 14.3 Å². The van der Waals surface area contributed by atoms with Crippen molar-refractivity contribution in [1.29, 1.82) is 0 Å². The molecule has 2 fully saturated rings. The van der Waals surface area contributed by atoms with Gasteiger partial charge in [0.25, 0.3) is 0 Å². The summed E-state index contributed by atoms with van der Waals surface area (Å²) in [5.74, 6) is 0.570. The summed E-state index contributed by atoms with van der Waals surface area (Å²) in [4.78, 5) is 12.9. The van der Waals surface area contributed by atoms with Gasteiger partial charge in [0.2, 0.25) is 0 Å². The van der Waals surface area contributed by atoms with Crippen LogP contribution in [0.3, 0.4) is 0 Å². The summed E-state index contributed by atoms with van der Waals surface area (Å²) in [6.45, 7) is 4.10. The van der Waals surface area contributed by atoms with Gasteiger partial charge in [-0.05, 0) is 36.0 Å². The summed E-state index contributed by atoms with van der Waals surface area (Å²) < 4.78 is 14.6. The molecule has 1 heterocycles. The molecule has 1 aliphatic heterocycles. The molecule has 0 radical (unpaired) electrons. The van der Waals surface area contributed by atoms with Crippen molar-refractivity contribution >= 4 is 5.97 Å². The lowest BCUT2D eigenvalue weighted by atomic mass is 9.87. The fourth-order valence-corrected chi connectivity index (χ4v) is 2.87. The fraction of sp³-hybridized carbons (Fsp3) is 0.533. The Morgan fingerprint density at radius 2 is 2.00 bits per heavy atom. The summed E-state index contributed by atoms with van der Waals surface area (Å²) in [6.07, 6.45) is 1.27. The minimum absolute atomic E-state index is 0.204. The zero-order valence-electron chi connectivity index (χ0n) is 11.0. The molecule has 2 atom stereocenters. The fourth-order valence-electron chi connectivity index (χ4n) is 2.87. The Balaban J connectivity index is 1.61. The molecule has 3 nitrogen and oxygen atoms in total. The monoisotopic (exact) mass is 263 g/mol. The van der Waals surface area contributed by atoms with Crippen LogP contribution in [0.2, 0.25) is 0 Å². The van der Waals surface area contributed by atoms with E-state index in [-0.39, 0.29) is 5.56 Å². The van der Waals surface area contributed by atoms with E-state index in [1.807, 2.05) is 0 Å². The molecule has 4 heteroatoms. The van der Waals surface area contributed by atoms with E-state index in [2.05, 4.69) is 11.8 Å². The molecule has 0 spiro atoms. The molecule has 3 rings (SSSR count). The van der Waals surface area contributed by atoms with E-state index in [1.165, 1.54) is 18.6 Å².